The number of amides is 1. The first-order valence-corrected chi connectivity index (χ1v) is 8.18. The van der Waals surface area contributed by atoms with Crippen LogP contribution >= 0.6 is 11.3 Å². The van der Waals surface area contributed by atoms with Crippen LogP contribution in [0.4, 0.5) is 4.79 Å². The quantitative estimate of drug-likeness (QED) is 0.890. The number of thiophene rings is 1. The van der Waals surface area contributed by atoms with Crippen LogP contribution in [0.5, 0.6) is 0 Å². The van der Waals surface area contributed by atoms with Crippen molar-refractivity contribution in [3.63, 3.8) is 0 Å². The van der Waals surface area contributed by atoms with Crippen LogP contribution in [0, 0.1) is 0 Å². The average molecular weight is 323 g/mol. The summed E-state index contributed by atoms with van der Waals surface area (Å²) >= 11 is 1.28. The predicted octanol–water partition coefficient (Wildman–Crippen LogP) is 1.42. The second-order valence-electron chi connectivity index (χ2n) is 5.29. The fraction of sp³-hybridized carbons (Fsp3) is 0.500. The fourth-order valence-corrected chi connectivity index (χ4v) is 3.44. The van der Waals surface area contributed by atoms with Gasteiger partial charge in [0.05, 0.1) is 5.52 Å². The van der Waals surface area contributed by atoms with Crippen molar-refractivity contribution < 1.29 is 9.53 Å². The summed E-state index contributed by atoms with van der Waals surface area (Å²) in [6, 6.07) is 1.70. The van der Waals surface area contributed by atoms with Crippen LogP contribution in [-0.2, 0) is 11.3 Å². The van der Waals surface area contributed by atoms with Crippen LogP contribution in [0.15, 0.2) is 21.0 Å². The molecule has 0 saturated heterocycles. The Balaban J connectivity index is 1.60. The first kappa shape index (κ1) is 14.8. The average Bonchev–Trinajstić information content (AvgIpc) is 3.13. The number of hydrogen-bond acceptors (Lipinski definition) is 5. The van der Waals surface area contributed by atoms with E-state index in [1.807, 2.05) is 0 Å². The maximum Gasteiger partial charge on any atom is 0.407 e. The molecule has 1 fully saturated rings. The molecule has 7 nitrogen and oxygen atoms in total. The van der Waals surface area contributed by atoms with Crippen molar-refractivity contribution in [3.8, 4) is 0 Å². The molecule has 3 rings (SSSR count). The Labute approximate surface area is 129 Å². The Morgan fingerprint density at radius 1 is 1.41 bits per heavy atom. The number of fused-ring (bicyclic) bond motifs is 1. The maximum absolute atomic E-state index is 12.2. The molecule has 0 aliphatic heterocycles. The molecule has 0 aromatic carbocycles. The number of nitrogens with one attached hydrogen (secondary N) is 2. The standard InChI is InChI=1S/C14H17N3O4S/c18-12-11-10(5-8-22-11)16-13(19)17(12)7-6-15-14(20)21-9-3-1-2-4-9/h5,8-9H,1-4,6-7H2,(H,15,20)(H,16,19). The summed E-state index contributed by atoms with van der Waals surface area (Å²) in [6.07, 6.45) is 3.48. The van der Waals surface area contributed by atoms with Crippen molar-refractivity contribution in [2.45, 2.75) is 38.3 Å². The molecule has 1 saturated carbocycles. The van der Waals surface area contributed by atoms with Gasteiger partial charge >= 0.3 is 11.8 Å². The van der Waals surface area contributed by atoms with Crippen LogP contribution in [0.1, 0.15) is 25.7 Å². The van der Waals surface area contributed by atoms with Gasteiger partial charge < -0.3 is 15.0 Å². The van der Waals surface area contributed by atoms with Gasteiger partial charge in [-0.05, 0) is 37.1 Å². The lowest BCUT2D eigenvalue weighted by Crippen LogP contribution is -2.39. The van der Waals surface area contributed by atoms with E-state index in [4.69, 9.17) is 4.74 Å². The Kier molecular flexibility index (Phi) is 4.28. The van der Waals surface area contributed by atoms with Crippen LogP contribution in [0.3, 0.4) is 0 Å². The van der Waals surface area contributed by atoms with E-state index < -0.39 is 11.8 Å². The van der Waals surface area contributed by atoms with Crippen molar-refractivity contribution >= 4 is 27.6 Å². The molecule has 0 radical (unpaired) electrons. The number of aromatic amines is 1. The van der Waals surface area contributed by atoms with Crippen LogP contribution in [0.25, 0.3) is 10.2 Å². The van der Waals surface area contributed by atoms with Gasteiger partial charge in [0.1, 0.15) is 10.8 Å². The van der Waals surface area contributed by atoms with Crippen molar-refractivity contribution in [3.05, 3.63) is 32.3 Å². The summed E-state index contributed by atoms with van der Waals surface area (Å²) in [5.74, 6) is 0. The molecule has 0 unspecified atom stereocenters. The number of carbonyl (C=O) groups is 1. The lowest BCUT2D eigenvalue weighted by molar-refractivity contribution is 0.101. The van der Waals surface area contributed by atoms with Gasteiger partial charge in [-0.2, -0.15) is 0 Å². The summed E-state index contributed by atoms with van der Waals surface area (Å²) in [7, 11) is 0. The van der Waals surface area contributed by atoms with Gasteiger partial charge in [0.2, 0.25) is 0 Å². The van der Waals surface area contributed by atoms with Crippen molar-refractivity contribution in [1.29, 1.82) is 0 Å². The number of H-pyrrole nitrogens is 1. The number of rotatable bonds is 4. The Bertz CT molecular complexity index is 785. The molecule has 2 aromatic heterocycles. The smallest absolute Gasteiger partial charge is 0.407 e. The van der Waals surface area contributed by atoms with E-state index in [1.165, 1.54) is 11.3 Å². The van der Waals surface area contributed by atoms with E-state index in [0.717, 1.165) is 30.3 Å². The molecule has 8 heteroatoms. The first-order chi connectivity index (χ1) is 10.6. The van der Waals surface area contributed by atoms with E-state index in [9.17, 15) is 14.4 Å². The SMILES string of the molecule is O=C(NCCn1c(=O)[nH]c2ccsc2c1=O)OC1CCCC1. The highest BCUT2D eigenvalue weighted by Crippen LogP contribution is 2.20. The number of carbonyl (C=O) groups excluding carboxylic acids is 1. The summed E-state index contributed by atoms with van der Waals surface area (Å²) in [6.45, 7) is 0.285. The van der Waals surface area contributed by atoms with Gasteiger partial charge in [-0.1, -0.05) is 0 Å². The third kappa shape index (κ3) is 3.06. The second-order valence-corrected chi connectivity index (χ2v) is 6.21. The molecule has 118 valence electrons. The summed E-state index contributed by atoms with van der Waals surface area (Å²) < 4.78 is 6.85. The fourth-order valence-electron chi connectivity index (χ4n) is 2.64. The summed E-state index contributed by atoms with van der Waals surface area (Å²) in [5, 5.41) is 4.34. The summed E-state index contributed by atoms with van der Waals surface area (Å²) in [5.41, 5.74) is -0.258. The van der Waals surface area contributed by atoms with E-state index in [0.29, 0.717) is 10.2 Å². The lowest BCUT2D eigenvalue weighted by atomic mass is 10.3. The zero-order valence-electron chi connectivity index (χ0n) is 12.0. The van der Waals surface area contributed by atoms with Crippen molar-refractivity contribution in [1.82, 2.24) is 14.9 Å². The van der Waals surface area contributed by atoms with E-state index in [2.05, 4.69) is 10.3 Å². The van der Waals surface area contributed by atoms with Crippen molar-refractivity contribution in [2.24, 2.45) is 0 Å². The third-order valence-electron chi connectivity index (χ3n) is 3.77. The highest BCUT2D eigenvalue weighted by Gasteiger charge is 2.18. The second kappa shape index (κ2) is 6.35. The highest BCUT2D eigenvalue weighted by atomic mass is 32.1. The predicted molar refractivity (Wildman–Crippen MR) is 83.4 cm³/mol. The largest absolute Gasteiger partial charge is 0.446 e. The lowest BCUT2D eigenvalue weighted by Gasteiger charge is -2.12. The van der Waals surface area contributed by atoms with Gasteiger partial charge in [0.15, 0.2) is 0 Å². The monoisotopic (exact) mass is 323 g/mol. The van der Waals surface area contributed by atoms with Crippen LogP contribution in [-0.4, -0.2) is 28.3 Å². The molecule has 2 N–H and O–H groups in total. The molecule has 0 atom stereocenters. The minimum atomic E-state index is -0.492. The van der Waals surface area contributed by atoms with Gasteiger partial charge in [0, 0.05) is 13.1 Å². The minimum absolute atomic E-state index is 0.00593. The number of nitrogens with zero attached hydrogens (tertiary/aromatic N) is 1. The zero-order valence-corrected chi connectivity index (χ0v) is 12.8. The molecule has 2 aromatic rings. The normalized spacial score (nSPS) is 15.3. The molecule has 1 aliphatic rings. The molecule has 0 spiro atoms. The Morgan fingerprint density at radius 2 is 2.18 bits per heavy atom. The molecular formula is C14H17N3O4S. The van der Waals surface area contributed by atoms with E-state index in [-0.39, 0.29) is 24.8 Å². The van der Waals surface area contributed by atoms with Gasteiger partial charge in [-0.15, -0.1) is 11.3 Å². The highest BCUT2D eigenvalue weighted by molar-refractivity contribution is 7.17. The number of aromatic nitrogens is 2. The van der Waals surface area contributed by atoms with E-state index >= 15 is 0 Å². The molecule has 2 heterocycles. The molecule has 22 heavy (non-hydrogen) atoms. The Hall–Kier alpha value is -2.09. The van der Waals surface area contributed by atoms with Crippen LogP contribution in [0.2, 0.25) is 0 Å². The van der Waals surface area contributed by atoms with Gasteiger partial charge in [-0.3, -0.25) is 9.36 Å². The van der Waals surface area contributed by atoms with Crippen molar-refractivity contribution in [2.75, 3.05) is 6.54 Å². The molecule has 0 bridgehead atoms. The Morgan fingerprint density at radius 3 is 2.95 bits per heavy atom. The molecule has 1 aliphatic carbocycles. The van der Waals surface area contributed by atoms with Gasteiger partial charge in [-0.25, -0.2) is 9.59 Å². The number of alkyl carbamates (subject to hydrolysis) is 1. The van der Waals surface area contributed by atoms with Crippen LogP contribution < -0.4 is 16.6 Å². The molecule has 1 amide bonds. The maximum atomic E-state index is 12.2. The molecular weight excluding hydrogens is 306 g/mol. The van der Waals surface area contributed by atoms with Gasteiger partial charge in [0.25, 0.3) is 5.56 Å². The third-order valence-corrected chi connectivity index (χ3v) is 4.67. The summed E-state index contributed by atoms with van der Waals surface area (Å²) in [4.78, 5) is 38.3. The topological polar surface area (TPSA) is 93.2 Å². The number of ether oxygens (including phenoxy) is 1. The minimum Gasteiger partial charge on any atom is -0.446 e. The number of hydrogen-bond donors (Lipinski definition) is 2. The first-order valence-electron chi connectivity index (χ1n) is 7.30. The zero-order chi connectivity index (χ0) is 15.5. The van der Waals surface area contributed by atoms with E-state index in [1.54, 1.807) is 11.4 Å².